The quantitative estimate of drug-likeness (QED) is 0.566. The van der Waals surface area contributed by atoms with E-state index in [1.165, 1.54) is 4.90 Å². The highest BCUT2D eigenvalue weighted by atomic mass is 35.5. The van der Waals surface area contributed by atoms with Crippen LogP contribution in [0.5, 0.6) is 0 Å². The van der Waals surface area contributed by atoms with E-state index in [9.17, 15) is 32.3 Å². The first-order chi connectivity index (χ1) is 16.0. The van der Waals surface area contributed by atoms with E-state index in [0.29, 0.717) is 16.7 Å². The molecule has 4 rings (SSSR count). The Morgan fingerprint density at radius 3 is 2.62 bits per heavy atom. The number of nitrogens with zero attached hydrogens (tertiary/aromatic N) is 1. The van der Waals surface area contributed by atoms with Gasteiger partial charge in [0.15, 0.2) is 0 Å². The second-order valence-corrected chi connectivity index (χ2v) is 8.30. The maximum absolute atomic E-state index is 12.9. The summed E-state index contributed by atoms with van der Waals surface area (Å²) in [5.74, 6) is -1.20. The highest BCUT2D eigenvalue weighted by Gasteiger charge is 2.39. The van der Waals surface area contributed by atoms with E-state index in [0.717, 1.165) is 18.2 Å². The van der Waals surface area contributed by atoms with Crippen molar-refractivity contribution in [3.8, 4) is 0 Å². The number of urea groups is 1. The molecule has 3 N–H and O–H groups in total. The zero-order chi connectivity index (χ0) is 24.6. The van der Waals surface area contributed by atoms with Crippen LogP contribution in [0.4, 0.5) is 23.7 Å². The fourth-order valence-corrected chi connectivity index (χ4v) is 4.05. The lowest BCUT2D eigenvalue weighted by Crippen LogP contribution is -2.52. The molecule has 0 spiro atoms. The Morgan fingerprint density at radius 1 is 1.15 bits per heavy atom. The summed E-state index contributed by atoms with van der Waals surface area (Å²) in [6.07, 6.45) is -4.19. The van der Waals surface area contributed by atoms with Gasteiger partial charge in [-0.2, -0.15) is 13.2 Å². The molecular weight excluding hydrogens is 477 g/mol. The predicted octanol–water partition coefficient (Wildman–Crippen LogP) is 3.44. The lowest BCUT2D eigenvalue weighted by atomic mass is 10.0. The topological polar surface area (TPSA) is 108 Å². The van der Waals surface area contributed by atoms with Gasteiger partial charge in [0.05, 0.1) is 16.3 Å². The molecule has 5 amide bonds. The van der Waals surface area contributed by atoms with Gasteiger partial charge >= 0.3 is 12.2 Å². The van der Waals surface area contributed by atoms with Crippen molar-refractivity contribution < 1.29 is 32.3 Å². The van der Waals surface area contributed by atoms with Crippen LogP contribution in [0.25, 0.3) is 0 Å². The molecule has 0 aliphatic carbocycles. The Labute approximate surface area is 196 Å². The number of alkyl halides is 3. The van der Waals surface area contributed by atoms with Crippen molar-refractivity contribution in [2.24, 2.45) is 0 Å². The molecule has 0 radical (unpaired) electrons. The highest BCUT2D eigenvalue weighted by Crippen LogP contribution is 2.34. The van der Waals surface area contributed by atoms with Crippen LogP contribution in [-0.4, -0.2) is 34.7 Å². The molecule has 0 aromatic heterocycles. The number of hydrogen-bond acceptors (Lipinski definition) is 4. The van der Waals surface area contributed by atoms with Gasteiger partial charge < -0.3 is 15.5 Å². The Bertz CT molecular complexity index is 1200. The van der Waals surface area contributed by atoms with E-state index in [1.54, 1.807) is 18.2 Å². The first kappa shape index (κ1) is 23.6. The second kappa shape index (κ2) is 8.98. The Kier molecular flexibility index (Phi) is 6.22. The normalized spacial score (nSPS) is 17.9. The molecule has 2 aliphatic rings. The van der Waals surface area contributed by atoms with Gasteiger partial charge in [-0.25, -0.2) is 4.79 Å². The minimum absolute atomic E-state index is 0.0301. The van der Waals surface area contributed by atoms with Crippen LogP contribution in [-0.2, 0) is 28.9 Å². The van der Waals surface area contributed by atoms with Crippen molar-refractivity contribution in [3.63, 3.8) is 0 Å². The lowest BCUT2D eigenvalue weighted by molar-refractivity contribution is -0.138. The fraction of sp³-hybridized carbons (Fsp3) is 0.273. The van der Waals surface area contributed by atoms with Gasteiger partial charge in [-0.15, -0.1) is 0 Å². The number of amides is 5. The van der Waals surface area contributed by atoms with E-state index in [4.69, 9.17) is 11.6 Å². The molecule has 178 valence electrons. The summed E-state index contributed by atoms with van der Waals surface area (Å²) in [5.41, 5.74) is 0.593. The van der Waals surface area contributed by atoms with E-state index >= 15 is 0 Å². The number of nitrogens with one attached hydrogen (secondary N) is 3. The maximum atomic E-state index is 12.9. The molecule has 8 nitrogen and oxygen atoms in total. The van der Waals surface area contributed by atoms with E-state index < -0.39 is 29.7 Å². The third-order valence-corrected chi connectivity index (χ3v) is 5.91. The minimum Gasteiger partial charge on any atom is -0.334 e. The smallest absolute Gasteiger partial charge is 0.334 e. The molecule has 2 heterocycles. The van der Waals surface area contributed by atoms with Crippen LogP contribution in [0.3, 0.4) is 0 Å². The summed E-state index contributed by atoms with van der Waals surface area (Å²) in [6, 6.07) is 6.03. The minimum atomic E-state index is -4.58. The van der Waals surface area contributed by atoms with E-state index in [-0.39, 0.29) is 48.5 Å². The molecule has 1 saturated heterocycles. The molecule has 2 aliphatic heterocycles. The van der Waals surface area contributed by atoms with Gasteiger partial charge in [0.25, 0.3) is 5.91 Å². The maximum Gasteiger partial charge on any atom is 0.416 e. The van der Waals surface area contributed by atoms with Crippen molar-refractivity contribution >= 4 is 41.0 Å². The summed E-state index contributed by atoms with van der Waals surface area (Å²) in [6.45, 7) is 0.211. The highest BCUT2D eigenvalue weighted by molar-refractivity contribution is 6.33. The van der Waals surface area contributed by atoms with Crippen molar-refractivity contribution in [1.29, 1.82) is 0 Å². The van der Waals surface area contributed by atoms with Gasteiger partial charge in [-0.1, -0.05) is 23.7 Å². The van der Waals surface area contributed by atoms with Crippen molar-refractivity contribution in [1.82, 2.24) is 15.5 Å². The van der Waals surface area contributed by atoms with Crippen LogP contribution in [0.1, 0.15) is 39.9 Å². The van der Waals surface area contributed by atoms with E-state index in [1.807, 2.05) is 0 Å². The van der Waals surface area contributed by atoms with Gasteiger partial charge in [0.2, 0.25) is 11.8 Å². The SMILES string of the molecule is O=C1CCC(N2Cc3cc(CNC(=O)Nc4cc(C(F)(F)F)ccc4Cl)ccc3C2=O)C(=O)N1. The fourth-order valence-electron chi connectivity index (χ4n) is 3.88. The van der Waals surface area contributed by atoms with E-state index in [2.05, 4.69) is 16.0 Å². The molecular formula is C22H18ClF3N4O4. The molecule has 34 heavy (non-hydrogen) atoms. The van der Waals surface area contributed by atoms with Crippen molar-refractivity contribution in [2.75, 3.05) is 5.32 Å². The number of piperidine rings is 1. The molecule has 1 unspecified atom stereocenters. The summed E-state index contributed by atoms with van der Waals surface area (Å²) in [7, 11) is 0. The zero-order valence-corrected chi connectivity index (χ0v) is 18.2. The molecule has 2 aromatic carbocycles. The van der Waals surface area contributed by atoms with Gasteiger partial charge in [0, 0.05) is 25.1 Å². The van der Waals surface area contributed by atoms with Crippen LogP contribution in [0.15, 0.2) is 36.4 Å². The molecule has 1 atom stereocenters. The summed E-state index contributed by atoms with van der Waals surface area (Å²) in [4.78, 5) is 49.8. The Balaban J connectivity index is 1.39. The van der Waals surface area contributed by atoms with Crippen LogP contribution in [0.2, 0.25) is 5.02 Å². The molecule has 0 bridgehead atoms. The monoisotopic (exact) mass is 494 g/mol. The number of carbonyl (C=O) groups excluding carboxylic acids is 4. The number of benzene rings is 2. The number of carbonyl (C=O) groups is 4. The molecule has 12 heteroatoms. The third-order valence-electron chi connectivity index (χ3n) is 5.58. The third kappa shape index (κ3) is 4.84. The molecule has 0 saturated carbocycles. The largest absolute Gasteiger partial charge is 0.416 e. The number of hydrogen-bond donors (Lipinski definition) is 3. The molecule has 2 aromatic rings. The number of fused-ring (bicyclic) bond motifs is 1. The Hall–Kier alpha value is -3.60. The summed E-state index contributed by atoms with van der Waals surface area (Å²) >= 11 is 5.89. The first-order valence-corrected chi connectivity index (χ1v) is 10.6. The number of anilines is 1. The first-order valence-electron chi connectivity index (χ1n) is 10.2. The van der Waals surface area contributed by atoms with Crippen LogP contribution in [0, 0.1) is 0 Å². The van der Waals surface area contributed by atoms with Crippen molar-refractivity contribution in [2.45, 2.75) is 38.1 Å². The lowest BCUT2D eigenvalue weighted by Gasteiger charge is -2.29. The van der Waals surface area contributed by atoms with Crippen molar-refractivity contribution in [3.05, 3.63) is 63.7 Å². The second-order valence-electron chi connectivity index (χ2n) is 7.89. The Morgan fingerprint density at radius 2 is 1.91 bits per heavy atom. The average molecular weight is 495 g/mol. The zero-order valence-electron chi connectivity index (χ0n) is 17.5. The summed E-state index contributed by atoms with van der Waals surface area (Å²) < 4.78 is 38.7. The van der Waals surface area contributed by atoms with Gasteiger partial charge in [-0.05, 0) is 41.8 Å². The van der Waals surface area contributed by atoms with Crippen LogP contribution < -0.4 is 16.0 Å². The number of imide groups is 1. The molecule has 1 fully saturated rings. The summed E-state index contributed by atoms with van der Waals surface area (Å²) in [5, 5.41) is 7.01. The van der Waals surface area contributed by atoms with Crippen LogP contribution >= 0.6 is 11.6 Å². The number of rotatable bonds is 4. The van der Waals surface area contributed by atoms with Gasteiger partial charge in [-0.3, -0.25) is 19.7 Å². The number of halogens is 4. The predicted molar refractivity (Wildman–Crippen MR) is 115 cm³/mol. The standard InChI is InChI=1S/C22H18ClF3N4O4/c23-15-4-2-13(22(24,25)26)8-16(15)28-21(34)27-9-11-1-3-14-12(7-11)10-30(20(14)33)17-5-6-18(31)29-19(17)32/h1-4,7-8,17H,5-6,9-10H2,(H2,27,28,34)(H,29,31,32). The average Bonchev–Trinajstić information content (AvgIpc) is 3.08. The van der Waals surface area contributed by atoms with Gasteiger partial charge in [0.1, 0.15) is 6.04 Å².